The third-order valence-electron chi connectivity index (χ3n) is 7.66. The molecule has 0 radical (unpaired) electrons. The largest absolute Gasteiger partial charge is 0.497 e. The number of esters is 2. The van der Waals surface area contributed by atoms with Crippen LogP contribution in [0.3, 0.4) is 0 Å². The Labute approximate surface area is 283 Å². The quantitative estimate of drug-likeness (QED) is 0.127. The molecule has 2 heterocycles. The fraction of sp³-hybridized carbons (Fsp3) is 0.111. The molecule has 48 heavy (non-hydrogen) atoms. The minimum atomic E-state index is -0.566. The van der Waals surface area contributed by atoms with Gasteiger partial charge in [0.25, 0.3) is 0 Å². The number of nitrogens with zero attached hydrogens (tertiary/aromatic N) is 2. The van der Waals surface area contributed by atoms with Gasteiger partial charge in [0, 0.05) is 12.1 Å². The van der Waals surface area contributed by atoms with Crippen molar-refractivity contribution in [1.29, 1.82) is 0 Å². The van der Waals surface area contributed by atoms with E-state index in [1.54, 1.807) is 86.6 Å². The van der Waals surface area contributed by atoms with E-state index in [-0.39, 0.29) is 43.8 Å². The van der Waals surface area contributed by atoms with Gasteiger partial charge in [0.2, 0.25) is 0 Å². The highest BCUT2D eigenvalue weighted by molar-refractivity contribution is 6.35. The first-order chi connectivity index (χ1) is 23.1. The van der Waals surface area contributed by atoms with Gasteiger partial charge in [0.15, 0.2) is 23.0 Å². The summed E-state index contributed by atoms with van der Waals surface area (Å²) in [5, 5.41) is 0.713. The summed E-state index contributed by atoms with van der Waals surface area (Å²) in [4.78, 5) is 35.3. The number of ether oxygens (including phenoxy) is 6. The van der Waals surface area contributed by atoms with Gasteiger partial charge in [-0.3, -0.25) is 0 Å². The molecule has 2 aliphatic rings. The number of fused-ring (bicyclic) bond motifs is 4. The Hall–Kier alpha value is -5.58. The Morgan fingerprint density at radius 1 is 0.625 bits per heavy atom. The fourth-order valence-corrected chi connectivity index (χ4v) is 5.67. The number of hydrogen-bond donors (Lipinski definition) is 0. The van der Waals surface area contributed by atoms with E-state index in [0.29, 0.717) is 56.6 Å². The first-order valence-electron chi connectivity index (χ1n) is 14.5. The number of carbonyl (C=O) groups excluding carboxylic acids is 2. The predicted octanol–water partition coefficient (Wildman–Crippen LogP) is 8.18. The molecule has 0 aliphatic carbocycles. The molecule has 0 bridgehead atoms. The third kappa shape index (κ3) is 5.55. The molecule has 240 valence electrons. The van der Waals surface area contributed by atoms with E-state index in [4.69, 9.17) is 61.6 Å². The highest BCUT2D eigenvalue weighted by atomic mass is 35.5. The molecule has 0 aromatic heterocycles. The molecule has 5 aromatic rings. The number of benzene rings is 5. The van der Waals surface area contributed by atoms with Crippen molar-refractivity contribution < 1.29 is 38.0 Å². The highest BCUT2D eigenvalue weighted by Gasteiger charge is 2.29. The van der Waals surface area contributed by atoms with Gasteiger partial charge in [-0.25, -0.2) is 19.6 Å². The van der Waals surface area contributed by atoms with Crippen LogP contribution in [0.5, 0.6) is 46.0 Å². The topological polar surface area (TPSA) is 114 Å². The monoisotopic (exact) mass is 682 g/mol. The Balaban J connectivity index is 1.21. The molecule has 0 unspecified atom stereocenters. The standard InChI is InChI=1S/C36H24Cl2N2O8/c1-17-11-23-27(15-25(17)47-35(41)19-7-5-9-21(13-19)43-3)45-33-30(38)32-34(29(37)31(33)39-23)46-28-16-26(18(2)12-24(28)40-32)48-36(42)20-8-6-10-22(14-20)44-4/h5-16H,1-4H3. The molecular formula is C36H24Cl2N2O8. The number of carbonyl (C=O) groups is 2. The lowest BCUT2D eigenvalue weighted by Crippen LogP contribution is -2.22. The number of aryl methyl sites for hydroxylation is 2. The first kappa shape index (κ1) is 31.0. The van der Waals surface area contributed by atoms with Crippen LogP contribution in [0.15, 0.2) is 82.8 Å². The van der Waals surface area contributed by atoms with E-state index in [2.05, 4.69) is 0 Å². The average Bonchev–Trinajstić information content (AvgIpc) is 3.10. The van der Waals surface area contributed by atoms with Crippen LogP contribution in [0.1, 0.15) is 31.8 Å². The number of hydrogen-bond acceptors (Lipinski definition) is 10. The Morgan fingerprint density at radius 3 is 1.44 bits per heavy atom. The highest BCUT2D eigenvalue weighted by Crippen LogP contribution is 2.45. The van der Waals surface area contributed by atoms with Crippen molar-refractivity contribution in [3.05, 3.63) is 116 Å². The molecule has 7 rings (SSSR count). The molecule has 0 saturated carbocycles. The molecular weight excluding hydrogens is 659 g/mol. The third-order valence-corrected chi connectivity index (χ3v) is 8.36. The normalized spacial score (nSPS) is 12.0. The zero-order valence-corrected chi connectivity index (χ0v) is 27.4. The van der Waals surface area contributed by atoms with Crippen molar-refractivity contribution >= 4 is 46.5 Å². The Kier molecular flexibility index (Phi) is 7.90. The molecule has 10 nitrogen and oxygen atoms in total. The molecule has 0 amide bonds. The molecule has 12 heteroatoms. The van der Waals surface area contributed by atoms with Crippen LogP contribution in [-0.4, -0.2) is 26.2 Å². The van der Waals surface area contributed by atoms with Crippen LogP contribution < -0.4 is 39.1 Å². The van der Waals surface area contributed by atoms with Gasteiger partial charge in [-0.15, -0.1) is 0 Å². The van der Waals surface area contributed by atoms with Gasteiger partial charge < -0.3 is 28.4 Å². The van der Waals surface area contributed by atoms with Crippen molar-refractivity contribution in [1.82, 2.24) is 0 Å². The van der Waals surface area contributed by atoms with Gasteiger partial charge in [-0.2, -0.15) is 0 Å². The lowest BCUT2D eigenvalue weighted by molar-refractivity contribution is 0.0723. The molecule has 0 fully saturated rings. The smallest absolute Gasteiger partial charge is 0.343 e. The fourth-order valence-electron chi connectivity index (χ4n) is 5.15. The summed E-state index contributed by atoms with van der Waals surface area (Å²) in [6, 6.07) is 19.9. The molecule has 0 saturated heterocycles. The summed E-state index contributed by atoms with van der Waals surface area (Å²) in [5.74, 6) is 1.41. The van der Waals surface area contributed by atoms with Crippen molar-refractivity contribution in [3.8, 4) is 46.0 Å². The zero-order valence-electron chi connectivity index (χ0n) is 25.8. The van der Waals surface area contributed by atoms with E-state index < -0.39 is 11.9 Å². The predicted molar refractivity (Wildman–Crippen MR) is 177 cm³/mol. The summed E-state index contributed by atoms with van der Waals surface area (Å²) < 4.78 is 34.2. The van der Waals surface area contributed by atoms with Gasteiger partial charge in [-0.1, -0.05) is 35.3 Å². The molecule has 0 N–H and O–H groups in total. The number of halogens is 2. The second kappa shape index (κ2) is 12.2. The van der Waals surface area contributed by atoms with Crippen molar-refractivity contribution in [3.63, 3.8) is 0 Å². The van der Waals surface area contributed by atoms with E-state index in [9.17, 15) is 9.59 Å². The summed E-state index contributed by atoms with van der Waals surface area (Å²) in [6.07, 6.45) is 0. The molecule has 2 aliphatic heterocycles. The Morgan fingerprint density at radius 2 is 1.04 bits per heavy atom. The number of rotatable bonds is 6. The Bertz CT molecular complexity index is 2160. The molecule has 0 spiro atoms. The van der Waals surface area contributed by atoms with Crippen LogP contribution in [0.4, 0.5) is 11.4 Å². The van der Waals surface area contributed by atoms with Crippen molar-refractivity contribution in [2.45, 2.75) is 13.8 Å². The van der Waals surface area contributed by atoms with Crippen LogP contribution in [-0.2, 0) is 0 Å². The average molecular weight is 684 g/mol. The molecule has 5 aromatic carbocycles. The van der Waals surface area contributed by atoms with Crippen molar-refractivity contribution in [2.24, 2.45) is 9.98 Å². The van der Waals surface area contributed by atoms with E-state index >= 15 is 0 Å². The lowest BCUT2D eigenvalue weighted by atomic mass is 10.1. The van der Waals surface area contributed by atoms with Crippen LogP contribution >= 0.6 is 23.2 Å². The van der Waals surface area contributed by atoms with Gasteiger partial charge in [0.05, 0.1) is 25.3 Å². The SMILES string of the molecule is COc1cccc(C(=O)Oc2cc3c(cc2C)N=c2c(Cl)c4c(c(Cl)c2O3)=Nc2cc(C)c(OC(=O)c3cccc(OC)c3)cc2O4)c1. The maximum absolute atomic E-state index is 12.9. The second-order valence-corrected chi connectivity index (χ2v) is 11.6. The maximum atomic E-state index is 12.9. The summed E-state index contributed by atoms with van der Waals surface area (Å²) in [6.45, 7) is 3.56. The summed E-state index contributed by atoms with van der Waals surface area (Å²) >= 11 is 13.7. The minimum Gasteiger partial charge on any atom is -0.497 e. The second-order valence-electron chi connectivity index (χ2n) is 10.8. The number of methoxy groups -OCH3 is 2. The van der Waals surface area contributed by atoms with Crippen LogP contribution in [0.25, 0.3) is 0 Å². The van der Waals surface area contributed by atoms with Gasteiger partial charge >= 0.3 is 11.9 Å². The maximum Gasteiger partial charge on any atom is 0.343 e. The van der Waals surface area contributed by atoms with Crippen LogP contribution in [0.2, 0.25) is 10.0 Å². The van der Waals surface area contributed by atoms with E-state index in [1.807, 2.05) is 0 Å². The van der Waals surface area contributed by atoms with Gasteiger partial charge in [-0.05, 0) is 73.5 Å². The lowest BCUT2D eigenvalue weighted by Gasteiger charge is -2.22. The van der Waals surface area contributed by atoms with Crippen LogP contribution in [0, 0.1) is 13.8 Å². The summed E-state index contributed by atoms with van der Waals surface area (Å²) in [5.41, 5.74) is 2.79. The van der Waals surface area contributed by atoms with E-state index in [0.717, 1.165) is 0 Å². The minimum absolute atomic E-state index is 0.117. The van der Waals surface area contributed by atoms with Gasteiger partial charge in [0.1, 0.15) is 55.1 Å². The molecule has 0 atom stereocenters. The summed E-state index contributed by atoms with van der Waals surface area (Å²) in [7, 11) is 3.04. The van der Waals surface area contributed by atoms with E-state index in [1.165, 1.54) is 14.2 Å². The van der Waals surface area contributed by atoms with Crippen molar-refractivity contribution in [2.75, 3.05) is 14.2 Å². The zero-order chi connectivity index (χ0) is 33.7. The first-order valence-corrected chi connectivity index (χ1v) is 15.2.